The first kappa shape index (κ1) is 24.3. The molecule has 3 atom stereocenters. The molecule has 2 aromatic carbocycles. The highest BCUT2D eigenvalue weighted by molar-refractivity contribution is 6.09. The van der Waals surface area contributed by atoms with Crippen LogP contribution in [-0.4, -0.2) is 34.1 Å². The number of nitro groups is 1. The number of carbonyl (C=O) groups excluding carboxylic acids is 2. The lowest BCUT2D eigenvalue weighted by Gasteiger charge is -2.36. The maximum Gasteiger partial charge on any atom is 0.315 e. The van der Waals surface area contributed by atoms with Crippen LogP contribution in [0.4, 0.5) is 5.69 Å². The van der Waals surface area contributed by atoms with Gasteiger partial charge in [0.05, 0.1) is 11.5 Å². The number of ketones is 1. The van der Waals surface area contributed by atoms with Crippen molar-refractivity contribution in [3.05, 3.63) is 81.0 Å². The summed E-state index contributed by atoms with van der Waals surface area (Å²) in [6.07, 6.45) is 2.34. The van der Waals surface area contributed by atoms with Gasteiger partial charge in [0.15, 0.2) is 11.5 Å². The predicted molar refractivity (Wildman–Crippen MR) is 130 cm³/mol. The highest BCUT2D eigenvalue weighted by atomic mass is 16.6. The zero-order valence-corrected chi connectivity index (χ0v) is 19.8. The molecular weight excluding hydrogens is 448 g/mol. The van der Waals surface area contributed by atoms with Crippen molar-refractivity contribution in [1.29, 1.82) is 0 Å². The van der Waals surface area contributed by atoms with Gasteiger partial charge in [0.2, 0.25) is 0 Å². The molecule has 35 heavy (non-hydrogen) atoms. The Hall–Kier alpha value is -3.81. The summed E-state index contributed by atoms with van der Waals surface area (Å²) in [7, 11) is 0. The van der Waals surface area contributed by atoms with Gasteiger partial charge in [-0.25, -0.2) is 0 Å². The molecule has 8 nitrogen and oxygen atoms in total. The summed E-state index contributed by atoms with van der Waals surface area (Å²) in [5.41, 5.74) is 2.48. The third-order valence-electron chi connectivity index (χ3n) is 6.71. The van der Waals surface area contributed by atoms with Crippen molar-refractivity contribution in [2.45, 2.75) is 51.4 Å². The van der Waals surface area contributed by atoms with Gasteiger partial charge in [-0.15, -0.1) is 0 Å². The summed E-state index contributed by atoms with van der Waals surface area (Å²) >= 11 is 0. The number of aromatic hydroxyl groups is 1. The van der Waals surface area contributed by atoms with E-state index >= 15 is 0 Å². The lowest BCUT2D eigenvalue weighted by Crippen LogP contribution is -2.38. The molecule has 2 aromatic rings. The third kappa shape index (κ3) is 4.87. The Morgan fingerprint density at radius 3 is 2.60 bits per heavy atom. The number of aliphatic imine (C=N–C) groups is 1. The summed E-state index contributed by atoms with van der Waals surface area (Å²) < 4.78 is 5.51. The second-order valence-corrected chi connectivity index (χ2v) is 9.03. The molecule has 0 bridgehead atoms. The maximum absolute atomic E-state index is 13.6. The average molecular weight is 477 g/mol. The van der Waals surface area contributed by atoms with E-state index in [1.165, 1.54) is 18.2 Å². The van der Waals surface area contributed by atoms with Gasteiger partial charge in [0.25, 0.3) is 0 Å². The van der Waals surface area contributed by atoms with E-state index in [9.17, 15) is 24.8 Å². The smallest absolute Gasteiger partial charge is 0.315 e. The Balaban J connectivity index is 1.80. The fraction of sp³-hybridized carbons (Fsp3) is 0.370. The van der Waals surface area contributed by atoms with Gasteiger partial charge < -0.3 is 9.84 Å². The number of allylic oxidation sites excluding steroid dienone is 2. The maximum atomic E-state index is 13.6. The molecule has 1 unspecified atom stereocenters. The predicted octanol–water partition coefficient (Wildman–Crippen LogP) is 5.22. The number of rotatable bonds is 7. The van der Waals surface area contributed by atoms with E-state index in [2.05, 4.69) is 0 Å². The Bertz CT molecular complexity index is 1220. The van der Waals surface area contributed by atoms with Crippen LogP contribution in [-0.2, 0) is 14.3 Å². The van der Waals surface area contributed by atoms with Gasteiger partial charge in [0.1, 0.15) is 5.92 Å². The first-order valence-corrected chi connectivity index (χ1v) is 11.8. The molecule has 4 rings (SSSR count). The molecule has 0 fully saturated rings. The second kappa shape index (κ2) is 10.2. The second-order valence-electron chi connectivity index (χ2n) is 9.03. The highest BCUT2D eigenvalue weighted by Crippen LogP contribution is 2.47. The summed E-state index contributed by atoms with van der Waals surface area (Å²) in [4.78, 5) is 42.3. The van der Waals surface area contributed by atoms with E-state index in [0.29, 0.717) is 35.4 Å². The van der Waals surface area contributed by atoms with Crippen molar-refractivity contribution in [1.82, 2.24) is 0 Å². The van der Waals surface area contributed by atoms with E-state index in [4.69, 9.17) is 9.73 Å². The molecule has 182 valence electrons. The number of benzene rings is 2. The zero-order chi connectivity index (χ0) is 25.1. The summed E-state index contributed by atoms with van der Waals surface area (Å²) in [6, 6.07) is 13.7. The van der Waals surface area contributed by atoms with E-state index < -0.39 is 34.2 Å². The van der Waals surface area contributed by atoms with Crippen LogP contribution in [0.3, 0.4) is 0 Å². The molecule has 8 heteroatoms. The van der Waals surface area contributed by atoms with Gasteiger partial charge in [-0.2, -0.15) is 0 Å². The molecule has 0 spiro atoms. The molecule has 0 saturated heterocycles. The van der Waals surface area contributed by atoms with Gasteiger partial charge >= 0.3 is 11.7 Å². The fourth-order valence-electron chi connectivity index (χ4n) is 4.97. The van der Waals surface area contributed by atoms with Crippen LogP contribution in [0.5, 0.6) is 5.75 Å². The largest absolute Gasteiger partial charge is 0.502 e. The first-order valence-electron chi connectivity index (χ1n) is 11.8. The fourth-order valence-corrected chi connectivity index (χ4v) is 4.97. The van der Waals surface area contributed by atoms with Crippen molar-refractivity contribution < 1.29 is 24.4 Å². The molecule has 1 heterocycles. The third-order valence-corrected chi connectivity index (χ3v) is 6.71. The number of nitrogens with zero attached hydrogens (tertiary/aromatic N) is 2. The molecule has 0 amide bonds. The average Bonchev–Trinajstić information content (AvgIpc) is 2.83. The lowest BCUT2D eigenvalue weighted by molar-refractivity contribution is -0.385. The van der Waals surface area contributed by atoms with Crippen molar-refractivity contribution in [3.8, 4) is 5.75 Å². The molecule has 0 aromatic heterocycles. The SMILES string of the molecule is CCCCOC(=O)C1C(C)=NC2=C(C(=O)C[C@@H](c3ccccc3)C2)[C@H]1c1ccc(O)c([N+](=O)[O-])c1. The minimum atomic E-state index is -0.882. The standard InChI is InChI=1S/C27H28N2O6/c1-3-4-12-35-27(32)24-16(2)28-20-13-19(17-8-6-5-7-9-17)15-23(31)26(20)25(24)18-10-11-22(30)21(14-18)29(33)34/h5-11,14,19,24-25,30H,3-4,12-13,15H2,1-2H3/t19-,24?,25-/m0/s1. The molecular formula is C27H28N2O6. The minimum Gasteiger partial charge on any atom is -0.502 e. The van der Waals surface area contributed by atoms with Gasteiger partial charge in [-0.05, 0) is 42.9 Å². The van der Waals surface area contributed by atoms with Crippen LogP contribution in [0.1, 0.15) is 62.5 Å². The van der Waals surface area contributed by atoms with E-state index in [-0.39, 0.29) is 24.7 Å². The number of ether oxygens (including phenoxy) is 1. The zero-order valence-electron chi connectivity index (χ0n) is 19.8. The molecule has 2 aliphatic rings. The van der Waals surface area contributed by atoms with Crippen LogP contribution >= 0.6 is 0 Å². The van der Waals surface area contributed by atoms with E-state index in [0.717, 1.165) is 12.0 Å². The normalized spacial score (nSPS) is 21.8. The minimum absolute atomic E-state index is 0.0399. The summed E-state index contributed by atoms with van der Waals surface area (Å²) in [5.74, 6) is -2.82. The van der Waals surface area contributed by atoms with Crippen molar-refractivity contribution >= 4 is 23.2 Å². The van der Waals surface area contributed by atoms with Crippen LogP contribution < -0.4 is 0 Å². The van der Waals surface area contributed by atoms with Crippen molar-refractivity contribution in [2.24, 2.45) is 10.9 Å². The number of carbonyl (C=O) groups is 2. The van der Waals surface area contributed by atoms with Crippen molar-refractivity contribution in [2.75, 3.05) is 6.61 Å². The van der Waals surface area contributed by atoms with Gasteiger partial charge in [-0.1, -0.05) is 49.7 Å². The molecule has 1 aliphatic heterocycles. The Kier molecular flexibility index (Phi) is 7.10. The number of hydrogen-bond donors (Lipinski definition) is 1. The summed E-state index contributed by atoms with van der Waals surface area (Å²) in [6.45, 7) is 3.96. The van der Waals surface area contributed by atoms with E-state index in [1.54, 1.807) is 6.92 Å². The van der Waals surface area contributed by atoms with Gasteiger partial charge in [-0.3, -0.25) is 24.7 Å². The number of hydrogen-bond acceptors (Lipinski definition) is 7. The molecule has 1 aliphatic carbocycles. The Morgan fingerprint density at radius 2 is 1.91 bits per heavy atom. The number of Topliss-reactive ketones (excluding diaryl/α,β-unsaturated/α-hetero) is 1. The van der Waals surface area contributed by atoms with Crippen molar-refractivity contribution in [3.63, 3.8) is 0 Å². The topological polar surface area (TPSA) is 119 Å². The number of nitro benzene ring substituents is 1. The molecule has 1 N–H and O–H groups in total. The van der Waals surface area contributed by atoms with Crippen LogP contribution in [0.15, 0.2) is 64.8 Å². The number of phenolic OH excluding ortho intramolecular Hbond substituents is 1. The molecule has 0 saturated carbocycles. The summed E-state index contributed by atoms with van der Waals surface area (Å²) in [5, 5.41) is 21.5. The number of phenols is 1. The van der Waals surface area contributed by atoms with Gasteiger partial charge in [0, 0.05) is 35.4 Å². The van der Waals surface area contributed by atoms with Crippen LogP contribution in [0, 0.1) is 16.0 Å². The monoisotopic (exact) mass is 476 g/mol. The Labute approximate surface area is 203 Å². The lowest BCUT2D eigenvalue weighted by atomic mass is 9.69. The molecule has 0 radical (unpaired) electrons. The van der Waals surface area contributed by atoms with Crippen LogP contribution in [0.25, 0.3) is 0 Å². The quantitative estimate of drug-likeness (QED) is 0.253. The van der Waals surface area contributed by atoms with Crippen LogP contribution in [0.2, 0.25) is 0 Å². The van der Waals surface area contributed by atoms with E-state index in [1.807, 2.05) is 37.3 Å². The highest BCUT2D eigenvalue weighted by Gasteiger charge is 2.45. The first-order chi connectivity index (χ1) is 16.8. The Morgan fingerprint density at radius 1 is 1.17 bits per heavy atom. The number of unbranched alkanes of at least 4 members (excludes halogenated alkanes) is 1. The number of esters is 1.